The first-order chi connectivity index (χ1) is 7.88. The van der Waals surface area contributed by atoms with Gasteiger partial charge in [0.2, 0.25) is 5.88 Å². The summed E-state index contributed by atoms with van der Waals surface area (Å²) in [4.78, 5) is 4.37. The van der Waals surface area contributed by atoms with Gasteiger partial charge in [0.1, 0.15) is 0 Å². The zero-order valence-electron chi connectivity index (χ0n) is 9.65. The molecule has 1 aliphatic carbocycles. The Bertz CT molecular complexity index is 363. The summed E-state index contributed by atoms with van der Waals surface area (Å²) < 4.78 is 5.10. The molecule has 16 heavy (non-hydrogen) atoms. The van der Waals surface area contributed by atoms with Crippen LogP contribution in [0, 0.1) is 0 Å². The lowest BCUT2D eigenvalue weighted by atomic mass is 10.0. The third-order valence-corrected chi connectivity index (χ3v) is 2.83. The minimum Gasteiger partial charge on any atom is -0.481 e. The van der Waals surface area contributed by atoms with E-state index in [4.69, 9.17) is 4.74 Å². The molecular weight excluding hydrogens is 200 g/mol. The summed E-state index contributed by atoms with van der Waals surface area (Å²) in [6, 6.07) is 6.46. The van der Waals surface area contributed by atoms with Crippen molar-refractivity contribution in [1.82, 2.24) is 10.3 Å². The van der Waals surface area contributed by atoms with Gasteiger partial charge in [0.25, 0.3) is 0 Å². The number of pyridine rings is 1. The molecule has 0 amide bonds. The maximum Gasteiger partial charge on any atom is 0.213 e. The average molecular weight is 218 g/mol. The fourth-order valence-corrected chi connectivity index (χ4v) is 1.90. The second-order valence-electron chi connectivity index (χ2n) is 4.03. The molecule has 0 saturated heterocycles. The standard InChI is InChI=1S/C13H18N2O/c1-16-13-9-5-8-12(15-13)10-14-11-6-3-2-4-7-11/h2-3,5,8-9,11,14H,4,6-7,10H2,1H3. The van der Waals surface area contributed by atoms with Crippen molar-refractivity contribution in [3.8, 4) is 5.88 Å². The van der Waals surface area contributed by atoms with Gasteiger partial charge in [-0.3, -0.25) is 0 Å². The molecule has 3 nitrogen and oxygen atoms in total. The lowest BCUT2D eigenvalue weighted by molar-refractivity contribution is 0.394. The van der Waals surface area contributed by atoms with Crippen LogP contribution in [0.15, 0.2) is 30.4 Å². The fraction of sp³-hybridized carbons (Fsp3) is 0.462. The Morgan fingerprint density at radius 3 is 3.12 bits per heavy atom. The predicted molar refractivity (Wildman–Crippen MR) is 64.4 cm³/mol. The van der Waals surface area contributed by atoms with Crippen LogP contribution in [0.3, 0.4) is 0 Å². The SMILES string of the molecule is COc1cccc(CNC2CC=CCC2)n1. The zero-order valence-corrected chi connectivity index (χ0v) is 9.65. The number of methoxy groups -OCH3 is 1. The highest BCUT2D eigenvalue weighted by Gasteiger charge is 2.08. The van der Waals surface area contributed by atoms with Crippen LogP contribution in [0.5, 0.6) is 5.88 Å². The maximum absolute atomic E-state index is 5.10. The summed E-state index contributed by atoms with van der Waals surface area (Å²) >= 11 is 0. The number of nitrogens with zero attached hydrogens (tertiary/aromatic N) is 1. The van der Waals surface area contributed by atoms with E-state index in [0.717, 1.165) is 18.7 Å². The Labute approximate surface area is 96.5 Å². The second-order valence-corrected chi connectivity index (χ2v) is 4.03. The van der Waals surface area contributed by atoms with Gasteiger partial charge in [0, 0.05) is 18.7 Å². The number of hydrogen-bond acceptors (Lipinski definition) is 3. The van der Waals surface area contributed by atoms with Crippen LogP contribution in [0.1, 0.15) is 25.0 Å². The van der Waals surface area contributed by atoms with Gasteiger partial charge in [-0.1, -0.05) is 18.2 Å². The van der Waals surface area contributed by atoms with E-state index in [2.05, 4.69) is 22.5 Å². The van der Waals surface area contributed by atoms with Gasteiger partial charge in [0.05, 0.1) is 12.8 Å². The summed E-state index contributed by atoms with van der Waals surface area (Å²) in [7, 11) is 1.64. The highest BCUT2D eigenvalue weighted by atomic mass is 16.5. The highest BCUT2D eigenvalue weighted by Crippen LogP contribution is 2.12. The molecule has 1 aliphatic rings. The van der Waals surface area contributed by atoms with E-state index in [1.54, 1.807) is 7.11 Å². The molecule has 1 heterocycles. The van der Waals surface area contributed by atoms with Crippen LogP contribution >= 0.6 is 0 Å². The predicted octanol–water partition coefficient (Wildman–Crippen LogP) is 2.29. The van der Waals surface area contributed by atoms with E-state index < -0.39 is 0 Å². The first kappa shape index (κ1) is 11.1. The molecule has 1 unspecified atom stereocenters. The third-order valence-electron chi connectivity index (χ3n) is 2.83. The molecule has 0 aliphatic heterocycles. The van der Waals surface area contributed by atoms with Crippen molar-refractivity contribution >= 4 is 0 Å². The minimum atomic E-state index is 0.595. The smallest absolute Gasteiger partial charge is 0.213 e. The highest BCUT2D eigenvalue weighted by molar-refractivity contribution is 5.15. The van der Waals surface area contributed by atoms with Gasteiger partial charge in [-0.25, -0.2) is 4.98 Å². The van der Waals surface area contributed by atoms with E-state index >= 15 is 0 Å². The lowest BCUT2D eigenvalue weighted by Crippen LogP contribution is -2.29. The molecule has 0 bridgehead atoms. The largest absolute Gasteiger partial charge is 0.481 e. The molecule has 0 spiro atoms. The van der Waals surface area contributed by atoms with Crippen molar-refractivity contribution in [3.05, 3.63) is 36.0 Å². The number of aromatic nitrogens is 1. The van der Waals surface area contributed by atoms with Gasteiger partial charge in [-0.15, -0.1) is 0 Å². The molecule has 1 N–H and O–H groups in total. The van der Waals surface area contributed by atoms with Crippen LogP contribution in [0.25, 0.3) is 0 Å². The quantitative estimate of drug-likeness (QED) is 0.787. The summed E-state index contributed by atoms with van der Waals surface area (Å²) in [6.45, 7) is 0.815. The number of allylic oxidation sites excluding steroid dienone is 1. The molecule has 0 fully saturated rings. The van der Waals surface area contributed by atoms with Crippen LogP contribution in [-0.4, -0.2) is 18.1 Å². The van der Waals surface area contributed by atoms with Crippen molar-refractivity contribution < 1.29 is 4.74 Å². The number of ether oxygens (including phenoxy) is 1. The first-order valence-electron chi connectivity index (χ1n) is 5.77. The third kappa shape index (κ3) is 3.07. The van der Waals surface area contributed by atoms with Crippen LogP contribution in [-0.2, 0) is 6.54 Å². The Balaban J connectivity index is 1.86. The van der Waals surface area contributed by atoms with Crippen LogP contribution in [0.2, 0.25) is 0 Å². The molecule has 0 radical (unpaired) electrons. The number of hydrogen-bond donors (Lipinski definition) is 1. The van der Waals surface area contributed by atoms with Crippen LogP contribution < -0.4 is 10.1 Å². The summed E-state index contributed by atoms with van der Waals surface area (Å²) in [5.74, 6) is 0.683. The van der Waals surface area contributed by atoms with E-state index in [9.17, 15) is 0 Å². The molecule has 3 heteroatoms. The van der Waals surface area contributed by atoms with Gasteiger partial charge in [0.15, 0.2) is 0 Å². The van der Waals surface area contributed by atoms with Crippen molar-refractivity contribution in [1.29, 1.82) is 0 Å². The molecular formula is C13H18N2O. The number of rotatable bonds is 4. The van der Waals surface area contributed by atoms with E-state index in [1.807, 2.05) is 18.2 Å². The Kier molecular flexibility index (Phi) is 3.94. The number of nitrogens with one attached hydrogen (secondary N) is 1. The summed E-state index contributed by atoms with van der Waals surface area (Å²) in [5, 5.41) is 3.52. The maximum atomic E-state index is 5.10. The Hall–Kier alpha value is -1.35. The van der Waals surface area contributed by atoms with Gasteiger partial charge >= 0.3 is 0 Å². The van der Waals surface area contributed by atoms with Crippen molar-refractivity contribution in [2.45, 2.75) is 31.8 Å². The van der Waals surface area contributed by atoms with Crippen molar-refractivity contribution in [2.24, 2.45) is 0 Å². The van der Waals surface area contributed by atoms with Crippen molar-refractivity contribution in [2.75, 3.05) is 7.11 Å². The lowest BCUT2D eigenvalue weighted by Gasteiger charge is -2.19. The van der Waals surface area contributed by atoms with Gasteiger partial charge in [-0.05, 0) is 25.3 Å². The zero-order chi connectivity index (χ0) is 11.2. The minimum absolute atomic E-state index is 0.595. The first-order valence-corrected chi connectivity index (χ1v) is 5.77. The van der Waals surface area contributed by atoms with Crippen LogP contribution in [0.4, 0.5) is 0 Å². The molecule has 86 valence electrons. The second kappa shape index (κ2) is 5.66. The molecule has 1 atom stereocenters. The molecule has 2 rings (SSSR count). The summed E-state index contributed by atoms with van der Waals surface area (Å²) in [5.41, 5.74) is 1.04. The van der Waals surface area contributed by atoms with E-state index in [0.29, 0.717) is 11.9 Å². The normalized spacial score (nSPS) is 19.7. The van der Waals surface area contributed by atoms with Gasteiger partial charge < -0.3 is 10.1 Å². The Morgan fingerprint density at radius 1 is 1.44 bits per heavy atom. The molecule has 0 saturated carbocycles. The molecule has 0 aromatic carbocycles. The average Bonchev–Trinajstić information content (AvgIpc) is 2.38. The fourth-order valence-electron chi connectivity index (χ4n) is 1.90. The Morgan fingerprint density at radius 2 is 2.38 bits per heavy atom. The summed E-state index contributed by atoms with van der Waals surface area (Å²) in [6.07, 6.45) is 8.04. The van der Waals surface area contributed by atoms with Crippen molar-refractivity contribution in [3.63, 3.8) is 0 Å². The topological polar surface area (TPSA) is 34.1 Å². The van der Waals surface area contributed by atoms with E-state index in [-0.39, 0.29) is 0 Å². The molecule has 1 aromatic heterocycles. The monoisotopic (exact) mass is 218 g/mol. The van der Waals surface area contributed by atoms with Gasteiger partial charge in [-0.2, -0.15) is 0 Å². The van der Waals surface area contributed by atoms with E-state index in [1.165, 1.54) is 12.8 Å². The molecule has 1 aromatic rings.